The second kappa shape index (κ2) is 4.10. The van der Waals surface area contributed by atoms with Crippen molar-refractivity contribution in [2.24, 2.45) is 0 Å². The molecule has 1 aromatic carbocycles. The highest BCUT2D eigenvalue weighted by Crippen LogP contribution is 2.29. The molecule has 0 unspecified atom stereocenters. The molecule has 1 atom stereocenters. The first-order valence-corrected chi connectivity index (χ1v) is 5.78. The number of hydrogen-bond acceptors (Lipinski definition) is 2. The molecule has 4 nitrogen and oxygen atoms in total. The van der Waals surface area contributed by atoms with Crippen LogP contribution in [-0.4, -0.2) is 28.9 Å². The van der Waals surface area contributed by atoms with Gasteiger partial charge in [0.15, 0.2) is 0 Å². The molecule has 0 amide bonds. The van der Waals surface area contributed by atoms with Crippen molar-refractivity contribution in [3.63, 3.8) is 0 Å². The SMILES string of the molecule is O=C(O)c1cn([C@@H]2CCOC2)c2ccc(F)cc12. The van der Waals surface area contributed by atoms with Gasteiger partial charge in [0.25, 0.3) is 0 Å². The van der Waals surface area contributed by atoms with Crippen LogP contribution in [0.25, 0.3) is 10.9 Å². The minimum Gasteiger partial charge on any atom is -0.478 e. The Morgan fingerprint density at radius 1 is 1.50 bits per heavy atom. The van der Waals surface area contributed by atoms with Crippen LogP contribution in [0.2, 0.25) is 0 Å². The lowest BCUT2D eigenvalue weighted by Crippen LogP contribution is -2.07. The Morgan fingerprint density at radius 2 is 2.33 bits per heavy atom. The third kappa shape index (κ3) is 1.67. The summed E-state index contributed by atoms with van der Waals surface area (Å²) in [6.45, 7) is 1.24. The maximum atomic E-state index is 13.2. The van der Waals surface area contributed by atoms with Crippen molar-refractivity contribution >= 4 is 16.9 Å². The van der Waals surface area contributed by atoms with Crippen molar-refractivity contribution in [1.82, 2.24) is 4.57 Å². The van der Waals surface area contributed by atoms with Crippen molar-refractivity contribution in [3.05, 3.63) is 35.8 Å². The Balaban J connectivity index is 2.22. The van der Waals surface area contributed by atoms with E-state index in [1.807, 2.05) is 4.57 Å². The molecule has 1 fully saturated rings. The average molecular weight is 249 g/mol. The topological polar surface area (TPSA) is 51.5 Å². The zero-order valence-electron chi connectivity index (χ0n) is 9.60. The number of aromatic nitrogens is 1. The molecule has 0 radical (unpaired) electrons. The summed E-state index contributed by atoms with van der Waals surface area (Å²) in [5.41, 5.74) is 0.876. The standard InChI is InChI=1S/C13H12FNO3/c14-8-1-2-12-10(5-8)11(13(16)17)6-15(12)9-3-4-18-7-9/h1-2,5-6,9H,3-4,7H2,(H,16,17)/t9-/m1/s1. The van der Waals surface area contributed by atoms with E-state index < -0.39 is 11.8 Å². The van der Waals surface area contributed by atoms with E-state index in [9.17, 15) is 9.18 Å². The fourth-order valence-corrected chi connectivity index (χ4v) is 2.44. The van der Waals surface area contributed by atoms with Crippen LogP contribution in [-0.2, 0) is 4.74 Å². The van der Waals surface area contributed by atoms with Gasteiger partial charge in [0, 0.05) is 23.7 Å². The number of carbonyl (C=O) groups is 1. The summed E-state index contributed by atoms with van der Waals surface area (Å²) in [4.78, 5) is 11.2. The van der Waals surface area contributed by atoms with Crippen molar-refractivity contribution in [2.45, 2.75) is 12.5 Å². The monoisotopic (exact) mass is 249 g/mol. The zero-order valence-corrected chi connectivity index (χ0v) is 9.60. The normalized spacial score (nSPS) is 19.5. The van der Waals surface area contributed by atoms with Crippen LogP contribution in [0.5, 0.6) is 0 Å². The molecule has 0 aliphatic carbocycles. The molecular formula is C13H12FNO3. The van der Waals surface area contributed by atoms with Gasteiger partial charge in [-0.25, -0.2) is 9.18 Å². The average Bonchev–Trinajstić information content (AvgIpc) is 2.93. The smallest absolute Gasteiger partial charge is 0.337 e. The molecule has 2 heterocycles. The molecular weight excluding hydrogens is 237 g/mol. The maximum Gasteiger partial charge on any atom is 0.337 e. The van der Waals surface area contributed by atoms with Crippen LogP contribution in [0.4, 0.5) is 4.39 Å². The fourth-order valence-electron chi connectivity index (χ4n) is 2.44. The molecule has 5 heteroatoms. The molecule has 1 aliphatic heterocycles. The highest BCUT2D eigenvalue weighted by molar-refractivity contribution is 6.03. The van der Waals surface area contributed by atoms with Crippen LogP contribution < -0.4 is 0 Å². The third-order valence-corrected chi connectivity index (χ3v) is 3.32. The summed E-state index contributed by atoms with van der Waals surface area (Å²) in [6, 6.07) is 4.37. The number of carboxylic acids is 1. The number of carboxylic acid groups (broad SMARTS) is 1. The van der Waals surface area contributed by atoms with Gasteiger partial charge in [-0.2, -0.15) is 0 Å². The van der Waals surface area contributed by atoms with E-state index in [2.05, 4.69) is 0 Å². The van der Waals surface area contributed by atoms with Gasteiger partial charge in [0.2, 0.25) is 0 Å². The molecule has 3 rings (SSSR count). The van der Waals surface area contributed by atoms with E-state index >= 15 is 0 Å². The second-order valence-electron chi connectivity index (χ2n) is 4.43. The van der Waals surface area contributed by atoms with E-state index in [-0.39, 0.29) is 11.6 Å². The molecule has 1 aliphatic rings. The first-order chi connectivity index (χ1) is 8.66. The van der Waals surface area contributed by atoms with Crippen LogP contribution in [0.3, 0.4) is 0 Å². The second-order valence-corrected chi connectivity index (χ2v) is 4.43. The van der Waals surface area contributed by atoms with Gasteiger partial charge < -0.3 is 14.4 Å². The number of rotatable bonds is 2. The van der Waals surface area contributed by atoms with Crippen LogP contribution in [0.15, 0.2) is 24.4 Å². The quantitative estimate of drug-likeness (QED) is 0.889. The molecule has 1 saturated heterocycles. The Morgan fingerprint density at radius 3 is 3.00 bits per heavy atom. The van der Waals surface area contributed by atoms with Crippen LogP contribution >= 0.6 is 0 Å². The largest absolute Gasteiger partial charge is 0.478 e. The lowest BCUT2D eigenvalue weighted by atomic mass is 10.2. The fraction of sp³-hybridized carbons (Fsp3) is 0.308. The highest BCUT2D eigenvalue weighted by atomic mass is 19.1. The minimum atomic E-state index is -1.04. The molecule has 1 aromatic heterocycles. The minimum absolute atomic E-state index is 0.131. The zero-order chi connectivity index (χ0) is 12.7. The molecule has 1 N–H and O–H groups in total. The number of hydrogen-bond donors (Lipinski definition) is 1. The number of fused-ring (bicyclic) bond motifs is 1. The third-order valence-electron chi connectivity index (χ3n) is 3.32. The molecule has 0 bridgehead atoms. The number of aromatic carboxylic acids is 1. The van der Waals surface area contributed by atoms with Gasteiger partial charge in [0.05, 0.1) is 18.2 Å². The molecule has 0 saturated carbocycles. The first-order valence-electron chi connectivity index (χ1n) is 5.78. The van der Waals surface area contributed by atoms with Crippen LogP contribution in [0.1, 0.15) is 22.8 Å². The maximum absolute atomic E-state index is 13.2. The van der Waals surface area contributed by atoms with Crippen molar-refractivity contribution < 1.29 is 19.0 Å². The summed E-state index contributed by atoms with van der Waals surface area (Å²) >= 11 is 0. The van der Waals surface area contributed by atoms with Crippen molar-refractivity contribution in [3.8, 4) is 0 Å². The molecule has 2 aromatic rings. The van der Waals surface area contributed by atoms with E-state index in [0.717, 1.165) is 11.9 Å². The summed E-state index contributed by atoms with van der Waals surface area (Å²) in [5, 5.41) is 9.60. The molecule has 18 heavy (non-hydrogen) atoms. The predicted molar refractivity (Wildman–Crippen MR) is 63.3 cm³/mol. The molecule has 0 spiro atoms. The summed E-state index contributed by atoms with van der Waals surface area (Å²) in [7, 11) is 0. The summed E-state index contributed by atoms with van der Waals surface area (Å²) in [5.74, 6) is -1.46. The van der Waals surface area contributed by atoms with Gasteiger partial charge in [-0.15, -0.1) is 0 Å². The predicted octanol–water partition coefficient (Wildman–Crippen LogP) is 2.44. The summed E-state index contributed by atoms with van der Waals surface area (Å²) in [6.07, 6.45) is 2.42. The lowest BCUT2D eigenvalue weighted by molar-refractivity contribution is 0.0698. The van der Waals surface area contributed by atoms with Gasteiger partial charge in [-0.05, 0) is 24.6 Å². The Bertz CT molecular complexity index is 614. The Kier molecular flexibility index (Phi) is 2.56. The summed E-state index contributed by atoms with van der Waals surface area (Å²) < 4.78 is 20.4. The number of ether oxygens (including phenoxy) is 1. The number of halogens is 1. The van der Waals surface area contributed by atoms with Gasteiger partial charge in [-0.3, -0.25) is 0 Å². The first kappa shape index (κ1) is 11.2. The van der Waals surface area contributed by atoms with Crippen molar-refractivity contribution in [1.29, 1.82) is 0 Å². The Labute approximate surface area is 103 Å². The molecule has 94 valence electrons. The van der Waals surface area contributed by atoms with E-state index in [4.69, 9.17) is 9.84 Å². The van der Waals surface area contributed by atoms with E-state index in [1.54, 1.807) is 12.3 Å². The number of benzene rings is 1. The van der Waals surface area contributed by atoms with E-state index in [0.29, 0.717) is 18.6 Å². The van der Waals surface area contributed by atoms with Crippen molar-refractivity contribution in [2.75, 3.05) is 13.2 Å². The lowest BCUT2D eigenvalue weighted by Gasteiger charge is -2.11. The van der Waals surface area contributed by atoms with Gasteiger partial charge >= 0.3 is 5.97 Å². The van der Waals surface area contributed by atoms with Gasteiger partial charge in [0.1, 0.15) is 5.82 Å². The highest BCUT2D eigenvalue weighted by Gasteiger charge is 2.22. The number of nitrogens with zero attached hydrogens (tertiary/aromatic N) is 1. The van der Waals surface area contributed by atoms with Gasteiger partial charge in [-0.1, -0.05) is 0 Å². The van der Waals surface area contributed by atoms with Crippen LogP contribution in [0, 0.1) is 5.82 Å². The Hall–Kier alpha value is -1.88. The van der Waals surface area contributed by atoms with E-state index in [1.165, 1.54) is 12.1 Å².